The summed E-state index contributed by atoms with van der Waals surface area (Å²) in [7, 11) is 5.79. The molecule has 0 fully saturated rings. The smallest absolute Gasteiger partial charge is 0.129 e. The summed E-state index contributed by atoms with van der Waals surface area (Å²) in [5.41, 5.74) is 0. The van der Waals surface area contributed by atoms with Crippen molar-refractivity contribution in [3.8, 4) is 0 Å². The monoisotopic (exact) mass is 239 g/mol. The van der Waals surface area contributed by atoms with Crippen LogP contribution in [0.25, 0.3) is 0 Å². The molecule has 0 aliphatic rings. The lowest BCUT2D eigenvalue weighted by Crippen LogP contribution is -2.23. The van der Waals surface area contributed by atoms with Gasteiger partial charge in [-0.25, -0.2) is 0 Å². The van der Waals surface area contributed by atoms with Gasteiger partial charge in [0.25, 0.3) is 0 Å². The maximum atomic E-state index is 11.5. The van der Waals surface area contributed by atoms with Crippen LogP contribution in [0.4, 0.5) is 0 Å². The van der Waals surface area contributed by atoms with Gasteiger partial charge in [-0.05, 0) is 18.8 Å². The van der Waals surface area contributed by atoms with Gasteiger partial charge >= 0.3 is 0 Å². The zero-order valence-corrected chi connectivity index (χ0v) is 12.5. The summed E-state index contributed by atoms with van der Waals surface area (Å²) in [5, 5.41) is 3.35. The molecule has 0 aromatic rings. The second kappa shape index (κ2) is 12.2. The average Bonchev–Trinajstić information content (AvgIpc) is 2.29. The minimum absolute atomic E-state index is 0.0637. The molecule has 0 aliphatic carbocycles. The van der Waals surface area contributed by atoms with E-state index in [1.165, 1.54) is 0 Å². The third-order valence-electron chi connectivity index (χ3n) is 2.43. The standard InChI is InChI=1S/C12H24BNO.C2H6/c1-9(2)12(15)11(13)7-5-6-8-14-10(3)4;1-2/h9-11,14H,5-8H2,1-4H3;1-2H3. The molecule has 0 aromatic heterocycles. The normalized spacial score (nSPS) is 12.2. The summed E-state index contributed by atoms with van der Waals surface area (Å²) < 4.78 is 0. The van der Waals surface area contributed by atoms with Crippen molar-refractivity contribution in [2.75, 3.05) is 6.54 Å². The molecule has 0 heterocycles. The molecule has 2 radical (unpaired) electrons. The van der Waals surface area contributed by atoms with Crippen LogP contribution in [0.3, 0.4) is 0 Å². The molecule has 17 heavy (non-hydrogen) atoms. The van der Waals surface area contributed by atoms with Crippen LogP contribution in [0.1, 0.15) is 60.8 Å². The minimum Gasteiger partial charge on any atom is -0.315 e. The first-order chi connectivity index (χ1) is 7.95. The van der Waals surface area contributed by atoms with Crippen LogP contribution in [0.5, 0.6) is 0 Å². The lowest BCUT2D eigenvalue weighted by Gasteiger charge is -2.13. The predicted molar refractivity (Wildman–Crippen MR) is 77.7 cm³/mol. The number of hydrogen-bond donors (Lipinski definition) is 1. The molecule has 0 amide bonds. The average molecular weight is 239 g/mol. The van der Waals surface area contributed by atoms with Gasteiger partial charge in [0, 0.05) is 12.0 Å². The molecule has 2 nitrogen and oxygen atoms in total. The maximum absolute atomic E-state index is 11.5. The molecule has 0 aliphatic heterocycles. The summed E-state index contributed by atoms with van der Waals surface area (Å²) in [6.45, 7) is 13.1. The molecule has 0 bridgehead atoms. The molecular weight excluding hydrogens is 209 g/mol. The van der Waals surface area contributed by atoms with Crippen molar-refractivity contribution in [3.63, 3.8) is 0 Å². The highest BCUT2D eigenvalue weighted by atomic mass is 16.1. The van der Waals surface area contributed by atoms with E-state index in [2.05, 4.69) is 19.2 Å². The number of ketones is 1. The summed E-state index contributed by atoms with van der Waals surface area (Å²) in [5.74, 6) is -0.00958. The minimum atomic E-state index is -0.260. The third kappa shape index (κ3) is 11.9. The van der Waals surface area contributed by atoms with E-state index < -0.39 is 0 Å². The van der Waals surface area contributed by atoms with Crippen molar-refractivity contribution >= 4 is 13.6 Å². The number of nitrogens with one attached hydrogen (secondary N) is 1. The van der Waals surface area contributed by atoms with Gasteiger partial charge in [0.1, 0.15) is 5.78 Å². The Hall–Kier alpha value is -0.305. The highest BCUT2D eigenvalue weighted by Crippen LogP contribution is 2.16. The van der Waals surface area contributed by atoms with E-state index in [4.69, 9.17) is 7.85 Å². The van der Waals surface area contributed by atoms with Crippen molar-refractivity contribution < 1.29 is 4.79 Å². The predicted octanol–water partition coefficient (Wildman–Crippen LogP) is 3.36. The van der Waals surface area contributed by atoms with E-state index in [0.717, 1.165) is 25.8 Å². The Morgan fingerprint density at radius 1 is 1.12 bits per heavy atom. The Kier molecular flexibility index (Phi) is 13.6. The van der Waals surface area contributed by atoms with E-state index in [1.54, 1.807) is 0 Å². The maximum Gasteiger partial charge on any atom is 0.129 e. The third-order valence-corrected chi connectivity index (χ3v) is 2.43. The Morgan fingerprint density at radius 2 is 1.65 bits per heavy atom. The number of Topliss-reactive ketones (excluding diaryl/α,β-unsaturated/α-hetero) is 1. The highest BCUT2D eigenvalue weighted by molar-refractivity contribution is 6.24. The van der Waals surface area contributed by atoms with E-state index in [-0.39, 0.29) is 17.5 Å². The first-order valence-electron chi connectivity index (χ1n) is 6.97. The molecule has 0 aromatic carbocycles. The molecule has 1 atom stereocenters. The van der Waals surface area contributed by atoms with Gasteiger partial charge in [-0.1, -0.05) is 54.4 Å². The zero-order chi connectivity index (χ0) is 13.8. The number of hydrogen-bond acceptors (Lipinski definition) is 2. The summed E-state index contributed by atoms with van der Waals surface area (Å²) in [4.78, 5) is 11.5. The quantitative estimate of drug-likeness (QED) is 0.519. The van der Waals surface area contributed by atoms with Crippen LogP contribution in [0.15, 0.2) is 0 Å². The first kappa shape index (κ1) is 19.0. The first-order valence-corrected chi connectivity index (χ1v) is 6.97. The topological polar surface area (TPSA) is 29.1 Å². The van der Waals surface area contributed by atoms with E-state index in [9.17, 15) is 4.79 Å². The molecule has 1 N–H and O–H groups in total. The van der Waals surface area contributed by atoms with Crippen LogP contribution in [0.2, 0.25) is 5.82 Å². The number of rotatable bonds is 8. The number of unbranched alkanes of at least 4 members (excludes halogenated alkanes) is 1. The van der Waals surface area contributed by atoms with E-state index in [0.29, 0.717) is 6.04 Å². The van der Waals surface area contributed by atoms with Crippen molar-refractivity contribution in [1.82, 2.24) is 5.32 Å². The molecule has 100 valence electrons. The van der Waals surface area contributed by atoms with Crippen LogP contribution in [-0.4, -0.2) is 26.2 Å². The van der Waals surface area contributed by atoms with Gasteiger partial charge < -0.3 is 5.32 Å². The number of carbonyl (C=O) groups is 1. The zero-order valence-electron chi connectivity index (χ0n) is 12.5. The van der Waals surface area contributed by atoms with Gasteiger partial charge in [-0.15, -0.1) is 0 Å². The Morgan fingerprint density at radius 3 is 2.06 bits per heavy atom. The van der Waals surface area contributed by atoms with Gasteiger partial charge in [-0.3, -0.25) is 4.79 Å². The molecule has 1 unspecified atom stereocenters. The Balaban J connectivity index is 0. The molecule has 0 saturated heterocycles. The molecular formula is C14H30BNO. The molecule has 0 saturated carbocycles. The molecule has 0 rings (SSSR count). The highest BCUT2D eigenvalue weighted by Gasteiger charge is 2.14. The molecule has 3 heteroatoms. The fraction of sp³-hybridized carbons (Fsp3) is 0.929. The summed E-state index contributed by atoms with van der Waals surface area (Å²) in [6.07, 6.45) is 2.94. The van der Waals surface area contributed by atoms with Crippen LogP contribution in [-0.2, 0) is 4.79 Å². The van der Waals surface area contributed by atoms with E-state index >= 15 is 0 Å². The van der Waals surface area contributed by atoms with Crippen LogP contribution in [0, 0.1) is 5.92 Å². The Bertz CT molecular complexity index is 181. The largest absolute Gasteiger partial charge is 0.315 e. The van der Waals surface area contributed by atoms with Gasteiger partial charge in [-0.2, -0.15) is 0 Å². The van der Waals surface area contributed by atoms with E-state index in [1.807, 2.05) is 27.7 Å². The molecule has 0 spiro atoms. The fourth-order valence-electron chi connectivity index (χ4n) is 1.45. The van der Waals surface area contributed by atoms with Gasteiger partial charge in [0.05, 0.1) is 7.85 Å². The lowest BCUT2D eigenvalue weighted by atomic mass is 9.76. The van der Waals surface area contributed by atoms with Crippen molar-refractivity contribution in [2.24, 2.45) is 5.92 Å². The van der Waals surface area contributed by atoms with Gasteiger partial charge in [0.2, 0.25) is 0 Å². The number of carbonyl (C=O) groups excluding carboxylic acids is 1. The second-order valence-electron chi connectivity index (χ2n) is 4.77. The second-order valence-corrected chi connectivity index (χ2v) is 4.77. The van der Waals surface area contributed by atoms with Crippen LogP contribution >= 0.6 is 0 Å². The van der Waals surface area contributed by atoms with Crippen molar-refractivity contribution in [3.05, 3.63) is 0 Å². The summed E-state index contributed by atoms with van der Waals surface area (Å²) in [6, 6.07) is 0.538. The summed E-state index contributed by atoms with van der Waals surface area (Å²) >= 11 is 0. The van der Waals surface area contributed by atoms with Crippen LogP contribution < -0.4 is 5.32 Å². The van der Waals surface area contributed by atoms with Gasteiger partial charge in [0.15, 0.2) is 0 Å². The fourth-order valence-corrected chi connectivity index (χ4v) is 1.45. The van der Waals surface area contributed by atoms with Crippen molar-refractivity contribution in [2.45, 2.75) is 72.7 Å². The Labute approximate surface area is 109 Å². The SMILES string of the molecule is CC.[B]C(CCCCNC(C)C)C(=O)C(C)C. The lowest BCUT2D eigenvalue weighted by molar-refractivity contribution is -0.121. The van der Waals surface area contributed by atoms with Crippen molar-refractivity contribution in [1.29, 1.82) is 0 Å².